The van der Waals surface area contributed by atoms with Crippen molar-refractivity contribution in [2.24, 2.45) is 5.92 Å². The van der Waals surface area contributed by atoms with Crippen molar-refractivity contribution in [3.63, 3.8) is 0 Å². The maximum absolute atomic E-state index is 11.0. The van der Waals surface area contributed by atoms with E-state index in [1.807, 2.05) is 0 Å². The summed E-state index contributed by atoms with van der Waals surface area (Å²) in [6, 6.07) is 15.2. The van der Waals surface area contributed by atoms with E-state index in [1.165, 1.54) is 43.2 Å². The van der Waals surface area contributed by atoms with E-state index < -0.39 is 0 Å². The molecule has 0 amide bonds. The van der Waals surface area contributed by atoms with E-state index in [0.29, 0.717) is 23.5 Å². The summed E-state index contributed by atoms with van der Waals surface area (Å²) in [6.07, 6.45) is 9.83. The van der Waals surface area contributed by atoms with Gasteiger partial charge in [0, 0.05) is 6.42 Å². The molecule has 0 bridgehead atoms. The molecule has 0 aliphatic heterocycles. The Hall–Kier alpha value is -1.80. The molecular weight excluding hydrogens is 344 g/mol. The summed E-state index contributed by atoms with van der Waals surface area (Å²) in [5, 5.41) is 20.9. The van der Waals surface area contributed by atoms with Gasteiger partial charge in [-0.15, -0.1) is 0 Å². The molecule has 2 aliphatic rings. The van der Waals surface area contributed by atoms with Crippen LogP contribution in [0.25, 0.3) is 0 Å². The molecule has 0 saturated heterocycles. The topological polar surface area (TPSA) is 40.5 Å². The smallest absolute Gasteiger partial charge is 0.122 e. The highest BCUT2D eigenvalue weighted by Crippen LogP contribution is 2.40. The van der Waals surface area contributed by atoms with Crippen molar-refractivity contribution >= 4 is 0 Å². The molecule has 2 heteroatoms. The highest BCUT2D eigenvalue weighted by atomic mass is 16.3. The second kappa shape index (κ2) is 8.69. The van der Waals surface area contributed by atoms with Crippen LogP contribution in [0.2, 0.25) is 0 Å². The van der Waals surface area contributed by atoms with Crippen molar-refractivity contribution in [3.05, 3.63) is 64.7 Å². The monoisotopic (exact) mass is 378 g/mol. The fourth-order valence-electron chi connectivity index (χ4n) is 5.51. The van der Waals surface area contributed by atoms with Crippen molar-refractivity contribution < 1.29 is 10.2 Å². The van der Waals surface area contributed by atoms with Gasteiger partial charge in [-0.1, -0.05) is 68.7 Å². The number of rotatable bonds is 4. The third-order valence-corrected chi connectivity index (χ3v) is 7.11. The summed E-state index contributed by atoms with van der Waals surface area (Å²) in [7, 11) is 0. The normalized spacial score (nSPS) is 26.3. The molecule has 2 nitrogen and oxygen atoms in total. The van der Waals surface area contributed by atoms with Crippen LogP contribution >= 0.6 is 0 Å². The highest BCUT2D eigenvalue weighted by molar-refractivity contribution is 5.45. The molecule has 0 heterocycles. The average Bonchev–Trinajstić information content (AvgIpc) is 2.70. The van der Waals surface area contributed by atoms with Crippen LogP contribution in [0.5, 0.6) is 5.75 Å². The molecule has 28 heavy (non-hydrogen) atoms. The van der Waals surface area contributed by atoms with Crippen LogP contribution in [-0.4, -0.2) is 16.3 Å². The van der Waals surface area contributed by atoms with E-state index >= 15 is 0 Å². The van der Waals surface area contributed by atoms with Crippen LogP contribution in [0.1, 0.15) is 92.4 Å². The maximum Gasteiger partial charge on any atom is 0.122 e. The Morgan fingerprint density at radius 3 is 2.50 bits per heavy atom. The zero-order valence-corrected chi connectivity index (χ0v) is 17.1. The summed E-state index contributed by atoms with van der Waals surface area (Å²) in [5.41, 5.74) is 4.86. The Kier molecular flexibility index (Phi) is 6.06. The largest absolute Gasteiger partial charge is 0.507 e. The first-order valence-electron chi connectivity index (χ1n) is 11.2. The average molecular weight is 379 g/mol. The van der Waals surface area contributed by atoms with Gasteiger partial charge < -0.3 is 10.2 Å². The Morgan fingerprint density at radius 1 is 0.929 bits per heavy atom. The predicted octanol–water partition coefficient (Wildman–Crippen LogP) is 6.30. The van der Waals surface area contributed by atoms with E-state index in [-0.39, 0.29) is 6.10 Å². The minimum atomic E-state index is -0.131. The molecule has 2 N–H and O–H groups in total. The molecule has 2 aromatic carbocycles. The molecule has 150 valence electrons. The number of phenols is 1. The van der Waals surface area contributed by atoms with Crippen molar-refractivity contribution in [2.75, 3.05) is 0 Å². The van der Waals surface area contributed by atoms with Gasteiger partial charge in [-0.2, -0.15) is 0 Å². The standard InChI is InChI=1S/C26H34O2/c1-18-15-23(27)13-14-24(18)21-10-5-7-19(16-21)17-22-11-6-12-25(26(22)28)20-8-3-2-4-9-20/h5-7,10-12,16,18,20,23-24,27-28H,2-4,8-9,13-15,17H2,1H3. The first-order chi connectivity index (χ1) is 13.6. The van der Waals surface area contributed by atoms with Crippen LogP contribution in [0.3, 0.4) is 0 Å². The summed E-state index contributed by atoms with van der Waals surface area (Å²) in [5.74, 6) is 2.09. The summed E-state index contributed by atoms with van der Waals surface area (Å²) in [4.78, 5) is 0. The van der Waals surface area contributed by atoms with Gasteiger partial charge >= 0.3 is 0 Å². The Bertz CT molecular complexity index is 791. The lowest BCUT2D eigenvalue weighted by Gasteiger charge is -2.32. The molecule has 2 saturated carbocycles. The minimum Gasteiger partial charge on any atom is -0.507 e. The Labute approximate surface area is 169 Å². The number of aliphatic hydroxyl groups excluding tert-OH is 1. The maximum atomic E-state index is 11.0. The first kappa shape index (κ1) is 19.5. The first-order valence-corrected chi connectivity index (χ1v) is 11.2. The van der Waals surface area contributed by atoms with Gasteiger partial charge in [-0.3, -0.25) is 0 Å². The molecule has 2 aromatic rings. The molecule has 3 atom stereocenters. The lowest BCUT2D eigenvalue weighted by atomic mass is 9.75. The molecular formula is C26H34O2. The SMILES string of the molecule is CC1CC(O)CCC1c1cccc(Cc2cccc(C3CCCCC3)c2O)c1. The molecule has 2 aliphatic carbocycles. The van der Waals surface area contributed by atoms with Crippen LogP contribution in [0, 0.1) is 5.92 Å². The molecule has 0 aromatic heterocycles. The highest BCUT2D eigenvalue weighted by Gasteiger charge is 2.27. The molecule has 3 unspecified atom stereocenters. The lowest BCUT2D eigenvalue weighted by Crippen LogP contribution is -2.24. The van der Waals surface area contributed by atoms with Gasteiger partial charge in [-0.25, -0.2) is 0 Å². The van der Waals surface area contributed by atoms with Gasteiger partial charge in [-0.05, 0) is 72.1 Å². The van der Waals surface area contributed by atoms with E-state index in [9.17, 15) is 10.2 Å². The quantitative estimate of drug-likeness (QED) is 0.656. The number of benzene rings is 2. The van der Waals surface area contributed by atoms with Crippen LogP contribution in [-0.2, 0) is 6.42 Å². The van der Waals surface area contributed by atoms with Crippen molar-refractivity contribution in [3.8, 4) is 5.75 Å². The van der Waals surface area contributed by atoms with Gasteiger partial charge in [0.1, 0.15) is 5.75 Å². The van der Waals surface area contributed by atoms with Gasteiger partial charge in [0.25, 0.3) is 0 Å². The number of hydrogen-bond acceptors (Lipinski definition) is 2. The van der Waals surface area contributed by atoms with E-state index in [4.69, 9.17) is 0 Å². The van der Waals surface area contributed by atoms with E-state index in [2.05, 4.69) is 49.4 Å². The summed E-state index contributed by atoms with van der Waals surface area (Å²) < 4.78 is 0. The number of phenolic OH excluding ortho intramolecular Hbond substituents is 1. The third-order valence-electron chi connectivity index (χ3n) is 7.11. The van der Waals surface area contributed by atoms with Crippen molar-refractivity contribution in [1.82, 2.24) is 0 Å². The van der Waals surface area contributed by atoms with E-state index in [0.717, 1.165) is 36.8 Å². The summed E-state index contributed by atoms with van der Waals surface area (Å²) >= 11 is 0. The number of aromatic hydroxyl groups is 1. The van der Waals surface area contributed by atoms with E-state index in [1.54, 1.807) is 0 Å². The number of hydrogen-bond donors (Lipinski definition) is 2. The second-order valence-corrected chi connectivity index (χ2v) is 9.16. The lowest BCUT2D eigenvalue weighted by molar-refractivity contribution is 0.0949. The molecule has 2 fully saturated rings. The van der Waals surface area contributed by atoms with Gasteiger partial charge in [0.15, 0.2) is 0 Å². The van der Waals surface area contributed by atoms with Gasteiger partial charge in [0.05, 0.1) is 6.10 Å². The van der Waals surface area contributed by atoms with Crippen molar-refractivity contribution in [2.45, 2.75) is 82.7 Å². The molecule has 0 radical (unpaired) electrons. The van der Waals surface area contributed by atoms with Crippen LogP contribution < -0.4 is 0 Å². The van der Waals surface area contributed by atoms with Crippen LogP contribution in [0.15, 0.2) is 42.5 Å². The zero-order valence-electron chi connectivity index (χ0n) is 17.1. The second-order valence-electron chi connectivity index (χ2n) is 9.16. The third kappa shape index (κ3) is 4.27. The summed E-state index contributed by atoms with van der Waals surface area (Å²) in [6.45, 7) is 2.26. The van der Waals surface area contributed by atoms with Crippen molar-refractivity contribution in [1.29, 1.82) is 0 Å². The molecule has 0 spiro atoms. The fraction of sp³-hybridized carbons (Fsp3) is 0.538. The van der Waals surface area contributed by atoms with Crippen LogP contribution in [0.4, 0.5) is 0 Å². The predicted molar refractivity (Wildman–Crippen MR) is 115 cm³/mol. The minimum absolute atomic E-state index is 0.131. The Balaban J connectivity index is 1.53. The Morgan fingerprint density at radius 2 is 1.71 bits per heavy atom. The zero-order chi connectivity index (χ0) is 19.5. The number of aliphatic hydroxyl groups is 1. The molecule has 4 rings (SSSR count). The number of para-hydroxylation sites is 1. The fourth-order valence-corrected chi connectivity index (χ4v) is 5.51. The van der Waals surface area contributed by atoms with Gasteiger partial charge in [0.2, 0.25) is 0 Å².